The number of nitrogens with one attached hydrogen (secondary N) is 1. The molecule has 0 aliphatic rings. The minimum absolute atomic E-state index is 0.0337. The maximum atomic E-state index is 13.7. The standard InChI is InChI=1S/C30H35ClN2O2S/c1-4-23(3)32-30(35)28(18-24-8-6-5-7-9-24)33(19-25-12-10-22(2)11-13-25)29(34)21-36-20-26-14-16-27(31)17-15-26/h5-17,23,28H,4,18-21H2,1-3H3,(H,32,35)/t23-,28-/m1/s1. The summed E-state index contributed by atoms with van der Waals surface area (Å²) in [6.07, 6.45) is 1.29. The normalized spacial score (nSPS) is 12.6. The zero-order valence-electron chi connectivity index (χ0n) is 21.2. The lowest BCUT2D eigenvalue weighted by molar-refractivity contribution is -0.139. The fraction of sp³-hybridized carbons (Fsp3) is 0.333. The van der Waals surface area contributed by atoms with Crippen molar-refractivity contribution in [1.29, 1.82) is 0 Å². The van der Waals surface area contributed by atoms with Crippen LogP contribution < -0.4 is 5.32 Å². The van der Waals surface area contributed by atoms with Crippen LogP contribution in [0, 0.1) is 6.92 Å². The summed E-state index contributed by atoms with van der Waals surface area (Å²) >= 11 is 7.55. The van der Waals surface area contributed by atoms with E-state index in [1.54, 1.807) is 16.7 Å². The second kappa shape index (κ2) is 14.1. The molecular weight excluding hydrogens is 488 g/mol. The van der Waals surface area contributed by atoms with Crippen LogP contribution in [-0.4, -0.2) is 34.6 Å². The van der Waals surface area contributed by atoms with Crippen molar-refractivity contribution in [3.63, 3.8) is 0 Å². The Balaban J connectivity index is 1.84. The van der Waals surface area contributed by atoms with Crippen LogP contribution in [0.5, 0.6) is 0 Å². The maximum Gasteiger partial charge on any atom is 0.243 e. The minimum Gasteiger partial charge on any atom is -0.352 e. The van der Waals surface area contributed by atoms with Gasteiger partial charge in [-0.3, -0.25) is 9.59 Å². The highest BCUT2D eigenvalue weighted by atomic mass is 35.5. The topological polar surface area (TPSA) is 49.4 Å². The number of benzene rings is 3. The van der Waals surface area contributed by atoms with E-state index in [2.05, 4.69) is 5.32 Å². The van der Waals surface area contributed by atoms with Crippen molar-refractivity contribution in [3.05, 3.63) is 106 Å². The molecule has 0 saturated heterocycles. The first-order valence-corrected chi connectivity index (χ1v) is 13.9. The quantitative estimate of drug-likeness (QED) is 0.298. The average Bonchev–Trinajstić information content (AvgIpc) is 2.88. The highest BCUT2D eigenvalue weighted by molar-refractivity contribution is 7.99. The molecule has 0 saturated carbocycles. The summed E-state index contributed by atoms with van der Waals surface area (Å²) < 4.78 is 0. The molecule has 6 heteroatoms. The third-order valence-corrected chi connectivity index (χ3v) is 7.39. The third kappa shape index (κ3) is 8.72. The van der Waals surface area contributed by atoms with Gasteiger partial charge < -0.3 is 10.2 Å². The van der Waals surface area contributed by atoms with Crippen LogP contribution in [0.15, 0.2) is 78.9 Å². The summed E-state index contributed by atoms with van der Waals surface area (Å²) in [7, 11) is 0. The largest absolute Gasteiger partial charge is 0.352 e. The maximum absolute atomic E-state index is 13.7. The highest BCUT2D eigenvalue weighted by Gasteiger charge is 2.30. The molecule has 1 N–H and O–H groups in total. The first-order valence-electron chi connectivity index (χ1n) is 12.4. The molecule has 36 heavy (non-hydrogen) atoms. The number of hydrogen-bond acceptors (Lipinski definition) is 3. The number of thioether (sulfide) groups is 1. The van der Waals surface area contributed by atoms with Gasteiger partial charge in [-0.1, -0.05) is 90.8 Å². The van der Waals surface area contributed by atoms with Crippen molar-refractivity contribution in [1.82, 2.24) is 10.2 Å². The lowest BCUT2D eigenvalue weighted by atomic mass is 10.0. The number of halogens is 1. The fourth-order valence-corrected chi connectivity index (χ4v) is 4.80. The summed E-state index contributed by atoms with van der Waals surface area (Å²) in [5.74, 6) is 0.825. The molecule has 190 valence electrons. The SMILES string of the molecule is CC[C@@H](C)NC(=O)[C@@H](Cc1ccccc1)N(Cc1ccc(C)cc1)C(=O)CSCc1ccc(Cl)cc1. The molecule has 0 unspecified atom stereocenters. The van der Waals surface area contributed by atoms with Crippen LogP contribution in [0.25, 0.3) is 0 Å². The molecule has 2 atom stereocenters. The van der Waals surface area contributed by atoms with Crippen LogP contribution in [0.2, 0.25) is 5.02 Å². The van der Waals surface area contributed by atoms with E-state index in [-0.39, 0.29) is 23.6 Å². The predicted octanol–water partition coefficient (Wildman–Crippen LogP) is 6.44. The first-order chi connectivity index (χ1) is 17.4. The number of hydrogen-bond donors (Lipinski definition) is 1. The minimum atomic E-state index is -0.605. The Labute approximate surface area is 224 Å². The molecule has 4 nitrogen and oxygen atoms in total. The van der Waals surface area contributed by atoms with Gasteiger partial charge in [0.05, 0.1) is 5.75 Å². The van der Waals surface area contributed by atoms with Crippen LogP contribution in [0.1, 0.15) is 42.5 Å². The highest BCUT2D eigenvalue weighted by Crippen LogP contribution is 2.20. The molecule has 0 fully saturated rings. The number of amides is 2. The second-order valence-electron chi connectivity index (χ2n) is 9.15. The molecule has 0 spiro atoms. The summed E-state index contributed by atoms with van der Waals surface area (Å²) in [5.41, 5.74) is 4.30. The Bertz CT molecular complexity index is 1100. The van der Waals surface area contributed by atoms with E-state index in [1.165, 1.54) is 0 Å². The van der Waals surface area contributed by atoms with E-state index in [1.807, 2.05) is 99.6 Å². The van der Waals surface area contributed by atoms with Gasteiger partial charge in [0.1, 0.15) is 6.04 Å². The van der Waals surface area contributed by atoms with Crippen LogP contribution in [0.3, 0.4) is 0 Å². The molecule has 0 bridgehead atoms. The molecule has 3 rings (SSSR count). The van der Waals surface area contributed by atoms with E-state index < -0.39 is 6.04 Å². The molecule has 3 aromatic carbocycles. The third-order valence-electron chi connectivity index (χ3n) is 6.15. The predicted molar refractivity (Wildman–Crippen MR) is 151 cm³/mol. The molecule has 0 aliphatic carbocycles. The van der Waals surface area contributed by atoms with E-state index in [0.29, 0.717) is 23.7 Å². The van der Waals surface area contributed by atoms with E-state index in [4.69, 9.17) is 11.6 Å². The molecule has 0 aliphatic heterocycles. The van der Waals surface area contributed by atoms with Crippen molar-refractivity contribution in [2.75, 3.05) is 5.75 Å². The summed E-state index contributed by atoms with van der Waals surface area (Å²) in [6.45, 7) is 6.45. The lowest BCUT2D eigenvalue weighted by Gasteiger charge is -2.32. The van der Waals surface area contributed by atoms with Crippen molar-refractivity contribution >= 4 is 35.2 Å². The van der Waals surface area contributed by atoms with Crippen LogP contribution in [-0.2, 0) is 28.3 Å². The van der Waals surface area contributed by atoms with Gasteiger partial charge in [0.15, 0.2) is 0 Å². The second-order valence-corrected chi connectivity index (χ2v) is 10.6. The Morgan fingerprint density at radius 1 is 0.917 bits per heavy atom. The Hall–Kier alpha value is -2.76. The van der Waals surface area contributed by atoms with Gasteiger partial charge in [-0.05, 0) is 49.1 Å². The average molecular weight is 523 g/mol. The van der Waals surface area contributed by atoms with E-state index in [0.717, 1.165) is 28.7 Å². The summed E-state index contributed by atoms with van der Waals surface area (Å²) in [4.78, 5) is 28.9. The van der Waals surface area contributed by atoms with E-state index in [9.17, 15) is 9.59 Å². The van der Waals surface area contributed by atoms with Gasteiger partial charge in [-0.25, -0.2) is 0 Å². The molecule has 0 heterocycles. The molecule has 3 aromatic rings. The Morgan fingerprint density at radius 3 is 2.19 bits per heavy atom. The molecule has 0 aromatic heterocycles. The molecule has 2 amide bonds. The summed E-state index contributed by atoms with van der Waals surface area (Å²) in [5, 5.41) is 3.81. The molecular formula is C30H35ClN2O2S. The van der Waals surface area contributed by atoms with Crippen molar-refractivity contribution < 1.29 is 9.59 Å². The zero-order valence-corrected chi connectivity index (χ0v) is 22.8. The van der Waals surface area contributed by atoms with Crippen molar-refractivity contribution in [2.24, 2.45) is 0 Å². The van der Waals surface area contributed by atoms with Crippen LogP contribution in [0.4, 0.5) is 0 Å². The number of rotatable bonds is 12. The number of nitrogens with zero attached hydrogens (tertiary/aromatic N) is 1. The van der Waals surface area contributed by atoms with Crippen molar-refractivity contribution in [2.45, 2.75) is 58.0 Å². The van der Waals surface area contributed by atoms with Gasteiger partial charge in [-0.2, -0.15) is 0 Å². The lowest BCUT2D eigenvalue weighted by Crippen LogP contribution is -2.52. The van der Waals surface area contributed by atoms with E-state index >= 15 is 0 Å². The Kier molecular flexibility index (Phi) is 10.9. The van der Waals surface area contributed by atoms with Gasteiger partial charge in [-0.15, -0.1) is 11.8 Å². The van der Waals surface area contributed by atoms with Gasteiger partial charge in [0.2, 0.25) is 11.8 Å². The Morgan fingerprint density at radius 2 is 1.56 bits per heavy atom. The van der Waals surface area contributed by atoms with Gasteiger partial charge in [0.25, 0.3) is 0 Å². The number of carbonyl (C=O) groups excluding carboxylic acids is 2. The molecule has 0 radical (unpaired) electrons. The number of carbonyl (C=O) groups is 2. The smallest absolute Gasteiger partial charge is 0.243 e. The summed E-state index contributed by atoms with van der Waals surface area (Å²) in [6, 6.07) is 25.1. The monoisotopic (exact) mass is 522 g/mol. The number of aryl methyl sites for hydroxylation is 1. The van der Waals surface area contributed by atoms with Crippen molar-refractivity contribution in [3.8, 4) is 0 Å². The van der Waals surface area contributed by atoms with Gasteiger partial charge in [0, 0.05) is 29.8 Å². The van der Waals surface area contributed by atoms with Gasteiger partial charge >= 0.3 is 0 Å². The van der Waals surface area contributed by atoms with Crippen LogP contribution >= 0.6 is 23.4 Å². The fourth-order valence-electron chi connectivity index (χ4n) is 3.80. The first kappa shape index (κ1) is 27.8. The zero-order chi connectivity index (χ0) is 25.9.